The molecular formula is C21H24N2O4S. The number of carbonyl (C=O) groups is 1. The predicted octanol–water partition coefficient (Wildman–Crippen LogP) is 2.52. The van der Waals surface area contributed by atoms with Crippen LogP contribution in [-0.2, 0) is 27.7 Å². The first-order valence-corrected chi connectivity index (χ1v) is 11.0. The number of ether oxygens (including phenoxy) is 1. The standard InChI is InChI=1S/C21H24N2O4S/c1-27-18-6-2-15(3-7-18)10-12-22-28(25,26)19-8-9-20-17(14-19)11-13-23(20)21(24)16-4-5-16/h2-3,6-9,14,16,22H,4-5,10-13H2,1H3. The number of methoxy groups -OCH3 is 1. The Balaban J connectivity index is 1.40. The molecular weight excluding hydrogens is 376 g/mol. The molecule has 1 aliphatic carbocycles. The molecule has 2 aromatic rings. The number of carbonyl (C=O) groups excluding carboxylic acids is 1. The zero-order chi connectivity index (χ0) is 19.7. The molecule has 1 aliphatic heterocycles. The van der Waals surface area contributed by atoms with Crippen LogP contribution < -0.4 is 14.4 Å². The second-order valence-corrected chi connectivity index (χ2v) is 9.07. The monoisotopic (exact) mass is 400 g/mol. The van der Waals surface area contributed by atoms with E-state index >= 15 is 0 Å². The Morgan fingerprint density at radius 1 is 1.18 bits per heavy atom. The van der Waals surface area contributed by atoms with Crippen molar-refractivity contribution in [2.75, 3.05) is 25.1 Å². The lowest BCUT2D eigenvalue weighted by molar-refractivity contribution is -0.119. The van der Waals surface area contributed by atoms with E-state index in [1.165, 1.54) is 0 Å². The van der Waals surface area contributed by atoms with E-state index in [0.29, 0.717) is 25.9 Å². The van der Waals surface area contributed by atoms with Gasteiger partial charge in [0.15, 0.2) is 0 Å². The Morgan fingerprint density at radius 2 is 1.93 bits per heavy atom. The minimum Gasteiger partial charge on any atom is -0.497 e. The van der Waals surface area contributed by atoms with Crippen LogP contribution in [0.2, 0.25) is 0 Å². The van der Waals surface area contributed by atoms with E-state index in [1.54, 1.807) is 30.2 Å². The van der Waals surface area contributed by atoms with Crippen LogP contribution in [-0.4, -0.2) is 34.5 Å². The number of fused-ring (bicyclic) bond motifs is 1. The number of hydrogen-bond donors (Lipinski definition) is 1. The van der Waals surface area contributed by atoms with Gasteiger partial charge in [0, 0.05) is 24.7 Å². The molecule has 0 saturated heterocycles. The molecule has 0 bridgehead atoms. The molecule has 4 rings (SSSR count). The summed E-state index contributed by atoms with van der Waals surface area (Å²) < 4.78 is 33.1. The van der Waals surface area contributed by atoms with E-state index < -0.39 is 10.0 Å². The molecule has 0 unspecified atom stereocenters. The second kappa shape index (κ2) is 7.56. The number of sulfonamides is 1. The highest BCUT2D eigenvalue weighted by Crippen LogP contribution is 2.37. The van der Waals surface area contributed by atoms with Gasteiger partial charge in [-0.05, 0) is 67.1 Å². The predicted molar refractivity (Wildman–Crippen MR) is 107 cm³/mol. The molecule has 1 N–H and O–H groups in total. The summed E-state index contributed by atoms with van der Waals surface area (Å²) in [4.78, 5) is 14.4. The Hall–Kier alpha value is -2.38. The van der Waals surface area contributed by atoms with Crippen LogP contribution in [0.25, 0.3) is 0 Å². The van der Waals surface area contributed by atoms with E-state index in [-0.39, 0.29) is 16.7 Å². The van der Waals surface area contributed by atoms with Crippen molar-refractivity contribution in [3.8, 4) is 5.75 Å². The van der Waals surface area contributed by atoms with Gasteiger partial charge < -0.3 is 9.64 Å². The van der Waals surface area contributed by atoms with Crippen molar-refractivity contribution in [1.29, 1.82) is 0 Å². The molecule has 28 heavy (non-hydrogen) atoms. The average molecular weight is 401 g/mol. The molecule has 0 aromatic heterocycles. The highest BCUT2D eigenvalue weighted by Gasteiger charge is 2.36. The number of nitrogens with zero attached hydrogens (tertiary/aromatic N) is 1. The van der Waals surface area contributed by atoms with Crippen LogP contribution in [0.1, 0.15) is 24.0 Å². The van der Waals surface area contributed by atoms with Gasteiger partial charge in [-0.2, -0.15) is 0 Å². The summed E-state index contributed by atoms with van der Waals surface area (Å²) in [7, 11) is -1.97. The molecule has 148 valence electrons. The second-order valence-electron chi connectivity index (χ2n) is 7.30. The smallest absolute Gasteiger partial charge is 0.240 e. The van der Waals surface area contributed by atoms with Crippen molar-refractivity contribution in [3.05, 3.63) is 53.6 Å². The van der Waals surface area contributed by atoms with Crippen molar-refractivity contribution < 1.29 is 17.9 Å². The summed E-state index contributed by atoms with van der Waals surface area (Å²) in [6, 6.07) is 12.6. The van der Waals surface area contributed by atoms with Crippen molar-refractivity contribution in [1.82, 2.24) is 4.72 Å². The maximum Gasteiger partial charge on any atom is 0.240 e. The minimum atomic E-state index is -3.58. The molecule has 7 heteroatoms. The number of amides is 1. The Bertz CT molecular complexity index is 982. The van der Waals surface area contributed by atoms with Gasteiger partial charge in [0.25, 0.3) is 0 Å². The van der Waals surface area contributed by atoms with Crippen LogP contribution in [0.15, 0.2) is 47.4 Å². The Kier molecular flexibility index (Phi) is 5.12. The fourth-order valence-corrected chi connectivity index (χ4v) is 4.61. The van der Waals surface area contributed by atoms with Gasteiger partial charge in [0.1, 0.15) is 5.75 Å². The van der Waals surface area contributed by atoms with E-state index in [9.17, 15) is 13.2 Å². The van der Waals surface area contributed by atoms with Crippen LogP contribution in [0, 0.1) is 5.92 Å². The molecule has 1 saturated carbocycles. The summed E-state index contributed by atoms with van der Waals surface area (Å²) in [5, 5.41) is 0. The molecule has 6 nitrogen and oxygen atoms in total. The van der Waals surface area contributed by atoms with Gasteiger partial charge in [0.05, 0.1) is 12.0 Å². The summed E-state index contributed by atoms with van der Waals surface area (Å²) in [6.07, 6.45) is 3.23. The largest absolute Gasteiger partial charge is 0.497 e. The number of nitrogens with one attached hydrogen (secondary N) is 1. The third-order valence-corrected chi connectivity index (χ3v) is 6.77. The number of hydrogen-bond acceptors (Lipinski definition) is 4. The summed E-state index contributed by atoms with van der Waals surface area (Å²) in [5.41, 5.74) is 2.81. The lowest BCUT2D eigenvalue weighted by Gasteiger charge is -2.17. The van der Waals surface area contributed by atoms with E-state index in [0.717, 1.165) is 35.4 Å². The molecule has 0 atom stereocenters. The van der Waals surface area contributed by atoms with Gasteiger partial charge in [-0.1, -0.05) is 12.1 Å². The van der Waals surface area contributed by atoms with Crippen LogP contribution >= 0.6 is 0 Å². The first-order valence-electron chi connectivity index (χ1n) is 9.55. The molecule has 1 amide bonds. The molecule has 0 radical (unpaired) electrons. The van der Waals surface area contributed by atoms with Crippen LogP contribution in [0.4, 0.5) is 5.69 Å². The summed E-state index contributed by atoms with van der Waals surface area (Å²) >= 11 is 0. The fraction of sp³-hybridized carbons (Fsp3) is 0.381. The average Bonchev–Trinajstić information content (AvgIpc) is 3.47. The third kappa shape index (κ3) is 3.91. The number of rotatable bonds is 7. The van der Waals surface area contributed by atoms with Gasteiger partial charge in [-0.3, -0.25) is 4.79 Å². The molecule has 1 heterocycles. The fourth-order valence-electron chi connectivity index (χ4n) is 3.53. The molecule has 1 fully saturated rings. The minimum absolute atomic E-state index is 0.161. The highest BCUT2D eigenvalue weighted by molar-refractivity contribution is 7.89. The Labute approximate surface area is 165 Å². The highest BCUT2D eigenvalue weighted by atomic mass is 32.2. The third-order valence-electron chi connectivity index (χ3n) is 5.31. The van der Waals surface area contributed by atoms with Crippen LogP contribution in [0.3, 0.4) is 0 Å². The van der Waals surface area contributed by atoms with Crippen molar-refractivity contribution in [2.45, 2.75) is 30.6 Å². The van der Waals surface area contributed by atoms with Gasteiger partial charge in [-0.25, -0.2) is 13.1 Å². The lowest BCUT2D eigenvalue weighted by Crippen LogP contribution is -2.30. The quantitative estimate of drug-likeness (QED) is 0.775. The van der Waals surface area contributed by atoms with E-state index in [2.05, 4.69) is 4.72 Å². The van der Waals surface area contributed by atoms with Crippen molar-refractivity contribution >= 4 is 21.6 Å². The zero-order valence-corrected chi connectivity index (χ0v) is 16.7. The molecule has 0 spiro atoms. The topological polar surface area (TPSA) is 75.7 Å². The summed E-state index contributed by atoms with van der Waals surface area (Å²) in [5.74, 6) is 1.11. The molecule has 2 aliphatic rings. The number of anilines is 1. The zero-order valence-electron chi connectivity index (χ0n) is 15.8. The van der Waals surface area contributed by atoms with Crippen molar-refractivity contribution in [2.24, 2.45) is 5.92 Å². The number of benzene rings is 2. The van der Waals surface area contributed by atoms with E-state index in [1.807, 2.05) is 24.3 Å². The molecule has 2 aromatic carbocycles. The Morgan fingerprint density at radius 3 is 2.61 bits per heavy atom. The first kappa shape index (κ1) is 19.0. The summed E-state index contributed by atoms with van der Waals surface area (Å²) in [6.45, 7) is 0.955. The van der Waals surface area contributed by atoms with Gasteiger partial charge in [-0.15, -0.1) is 0 Å². The van der Waals surface area contributed by atoms with Gasteiger partial charge in [0.2, 0.25) is 15.9 Å². The maximum absolute atomic E-state index is 12.6. The lowest BCUT2D eigenvalue weighted by atomic mass is 10.1. The van der Waals surface area contributed by atoms with Crippen molar-refractivity contribution in [3.63, 3.8) is 0 Å². The van der Waals surface area contributed by atoms with Gasteiger partial charge >= 0.3 is 0 Å². The first-order chi connectivity index (χ1) is 13.5. The van der Waals surface area contributed by atoms with E-state index in [4.69, 9.17) is 4.74 Å². The van der Waals surface area contributed by atoms with Crippen LogP contribution in [0.5, 0.6) is 5.75 Å². The SMILES string of the molecule is COc1ccc(CCNS(=O)(=O)c2ccc3c(c2)CCN3C(=O)C2CC2)cc1. The normalized spacial score (nSPS) is 16.1. The maximum atomic E-state index is 12.6.